The molecule has 7 heteroatoms. The van der Waals surface area contributed by atoms with Crippen molar-refractivity contribution in [2.24, 2.45) is 5.92 Å². The second-order valence-corrected chi connectivity index (χ2v) is 5.18. The molecule has 1 aromatic rings. The Morgan fingerprint density at radius 2 is 2.05 bits per heavy atom. The Balaban J connectivity index is 1.71. The smallest absolute Gasteiger partial charge is 0.250 e. The fraction of sp³-hybridized carbons (Fsp3) is 0.357. The zero-order chi connectivity index (χ0) is 15.1. The van der Waals surface area contributed by atoms with Gasteiger partial charge in [0, 0.05) is 13.1 Å². The summed E-state index contributed by atoms with van der Waals surface area (Å²) in [5.74, 6) is -1.25. The summed E-state index contributed by atoms with van der Waals surface area (Å²) in [5, 5.41) is 5.95. The molecule has 0 saturated carbocycles. The normalized spacial score (nSPS) is 17.5. The van der Waals surface area contributed by atoms with E-state index in [1.54, 1.807) is 0 Å². The van der Waals surface area contributed by atoms with Gasteiger partial charge in [-0.05, 0) is 30.6 Å². The molecule has 1 aliphatic rings. The quantitative estimate of drug-likeness (QED) is 0.365. The molecule has 112 valence electrons. The Kier molecular flexibility index (Phi) is 5.51. The van der Waals surface area contributed by atoms with Gasteiger partial charge >= 0.3 is 0 Å². The predicted molar refractivity (Wildman–Crippen MR) is 82.9 cm³/mol. The number of carbonyl (C=O) groups excluding carboxylic acids is 2. The lowest BCUT2D eigenvalue weighted by Crippen LogP contribution is -2.52. The fourth-order valence-electron chi connectivity index (χ4n) is 2.05. The summed E-state index contributed by atoms with van der Waals surface area (Å²) >= 11 is 5.06. The van der Waals surface area contributed by atoms with E-state index in [1.165, 1.54) is 0 Å². The van der Waals surface area contributed by atoms with Crippen molar-refractivity contribution in [3.63, 3.8) is 0 Å². The predicted octanol–water partition coefficient (Wildman–Crippen LogP) is 0.208. The second-order valence-electron chi connectivity index (χ2n) is 4.77. The molecule has 2 amide bonds. The lowest BCUT2D eigenvalue weighted by molar-refractivity contribution is -0.137. The summed E-state index contributed by atoms with van der Waals surface area (Å²) in [6.07, 6.45) is 1.37. The van der Waals surface area contributed by atoms with Crippen molar-refractivity contribution >= 4 is 29.1 Å². The number of hydrazine groups is 1. The van der Waals surface area contributed by atoms with Crippen LogP contribution >= 0.6 is 12.2 Å². The molecule has 1 aromatic carbocycles. The molecular weight excluding hydrogens is 288 g/mol. The first kappa shape index (κ1) is 15.2. The molecule has 0 spiro atoms. The van der Waals surface area contributed by atoms with Crippen molar-refractivity contribution in [2.75, 3.05) is 6.54 Å². The maximum atomic E-state index is 11.9. The minimum atomic E-state index is -0.650. The van der Waals surface area contributed by atoms with Crippen LogP contribution < -0.4 is 21.5 Å². The molecule has 6 nitrogen and oxygen atoms in total. The van der Waals surface area contributed by atoms with Gasteiger partial charge in [-0.1, -0.05) is 30.3 Å². The van der Waals surface area contributed by atoms with E-state index in [-0.39, 0.29) is 11.8 Å². The van der Waals surface area contributed by atoms with Gasteiger partial charge in [-0.3, -0.25) is 20.4 Å². The molecule has 1 saturated heterocycles. The minimum Gasteiger partial charge on any atom is -0.357 e. The SMILES string of the molecule is O=C1NCCCC1C(=O)NNC(=S)NCc1ccccc1. The van der Waals surface area contributed by atoms with Crippen molar-refractivity contribution in [1.29, 1.82) is 0 Å². The van der Waals surface area contributed by atoms with Crippen LogP contribution in [0.2, 0.25) is 0 Å². The lowest BCUT2D eigenvalue weighted by Gasteiger charge is -2.21. The lowest BCUT2D eigenvalue weighted by atomic mass is 9.98. The topological polar surface area (TPSA) is 82.3 Å². The van der Waals surface area contributed by atoms with Crippen LogP contribution in [0.1, 0.15) is 18.4 Å². The maximum Gasteiger partial charge on any atom is 0.250 e. The molecule has 2 rings (SSSR count). The van der Waals surface area contributed by atoms with Crippen molar-refractivity contribution in [2.45, 2.75) is 19.4 Å². The van der Waals surface area contributed by atoms with Crippen LogP contribution in [-0.4, -0.2) is 23.5 Å². The molecule has 0 radical (unpaired) electrons. The number of nitrogens with one attached hydrogen (secondary N) is 4. The van der Waals surface area contributed by atoms with Crippen LogP contribution in [0.5, 0.6) is 0 Å². The average molecular weight is 306 g/mol. The van der Waals surface area contributed by atoms with Gasteiger partial charge in [0.05, 0.1) is 0 Å². The first-order valence-corrected chi connectivity index (χ1v) is 7.23. The minimum absolute atomic E-state index is 0.233. The summed E-state index contributed by atoms with van der Waals surface area (Å²) in [5.41, 5.74) is 6.16. The van der Waals surface area contributed by atoms with Gasteiger partial charge in [0.2, 0.25) is 5.91 Å². The van der Waals surface area contributed by atoms with E-state index in [1.807, 2.05) is 30.3 Å². The van der Waals surface area contributed by atoms with Crippen molar-refractivity contribution in [3.8, 4) is 0 Å². The Labute approximate surface area is 128 Å². The highest BCUT2D eigenvalue weighted by Gasteiger charge is 2.28. The van der Waals surface area contributed by atoms with Gasteiger partial charge in [-0.25, -0.2) is 0 Å². The fourth-order valence-corrected chi connectivity index (χ4v) is 2.17. The van der Waals surface area contributed by atoms with Crippen molar-refractivity contribution in [1.82, 2.24) is 21.5 Å². The highest BCUT2D eigenvalue weighted by Crippen LogP contribution is 2.10. The number of hydrogen-bond acceptors (Lipinski definition) is 3. The number of hydrogen-bond donors (Lipinski definition) is 4. The largest absolute Gasteiger partial charge is 0.357 e. The van der Waals surface area contributed by atoms with Crippen LogP contribution in [0.3, 0.4) is 0 Å². The summed E-state index contributed by atoms with van der Waals surface area (Å²) in [4.78, 5) is 23.4. The summed E-state index contributed by atoms with van der Waals surface area (Å²) in [6.45, 7) is 1.19. The second kappa shape index (κ2) is 7.58. The Morgan fingerprint density at radius 1 is 1.29 bits per heavy atom. The van der Waals surface area contributed by atoms with E-state index >= 15 is 0 Å². The molecule has 1 atom stereocenters. The Hall–Kier alpha value is -2.15. The van der Waals surface area contributed by atoms with Gasteiger partial charge in [-0.15, -0.1) is 0 Å². The van der Waals surface area contributed by atoms with Crippen LogP contribution in [0, 0.1) is 5.92 Å². The van der Waals surface area contributed by atoms with Gasteiger partial charge in [0.25, 0.3) is 5.91 Å². The maximum absolute atomic E-state index is 11.9. The molecule has 1 unspecified atom stereocenters. The standard InChI is InChI=1S/C14H18N4O2S/c19-12-11(7-4-8-15-12)13(20)17-18-14(21)16-9-10-5-2-1-3-6-10/h1-3,5-6,11H,4,7-9H2,(H,15,19)(H,17,20)(H2,16,18,21). The molecule has 4 N–H and O–H groups in total. The van der Waals surface area contributed by atoms with E-state index in [0.29, 0.717) is 24.6 Å². The zero-order valence-corrected chi connectivity index (χ0v) is 12.3. The number of piperidine rings is 1. The van der Waals surface area contributed by atoms with Gasteiger partial charge < -0.3 is 10.6 Å². The summed E-state index contributed by atoms with van der Waals surface area (Å²) in [6, 6.07) is 9.77. The molecule has 0 aromatic heterocycles. The van der Waals surface area contributed by atoms with E-state index in [9.17, 15) is 9.59 Å². The molecule has 0 bridgehead atoms. The zero-order valence-electron chi connectivity index (χ0n) is 11.5. The Bertz CT molecular complexity index is 521. The number of carbonyl (C=O) groups is 2. The number of rotatable bonds is 3. The Morgan fingerprint density at radius 3 is 2.76 bits per heavy atom. The summed E-state index contributed by atoms with van der Waals surface area (Å²) in [7, 11) is 0. The molecule has 1 fully saturated rings. The molecule has 1 heterocycles. The van der Waals surface area contributed by atoms with Gasteiger partial charge in [0.15, 0.2) is 5.11 Å². The number of thiocarbonyl (C=S) groups is 1. The third-order valence-electron chi connectivity index (χ3n) is 3.20. The molecule has 1 aliphatic heterocycles. The highest BCUT2D eigenvalue weighted by atomic mass is 32.1. The van der Waals surface area contributed by atoms with Crippen LogP contribution in [-0.2, 0) is 16.1 Å². The van der Waals surface area contributed by atoms with Gasteiger partial charge in [-0.2, -0.15) is 0 Å². The number of amides is 2. The first-order valence-electron chi connectivity index (χ1n) is 6.82. The van der Waals surface area contributed by atoms with Crippen LogP contribution in [0.15, 0.2) is 30.3 Å². The third-order valence-corrected chi connectivity index (χ3v) is 3.44. The van der Waals surface area contributed by atoms with E-state index in [2.05, 4.69) is 21.5 Å². The average Bonchev–Trinajstić information content (AvgIpc) is 2.52. The highest BCUT2D eigenvalue weighted by molar-refractivity contribution is 7.80. The molecular formula is C14H18N4O2S. The number of benzene rings is 1. The van der Waals surface area contributed by atoms with Crippen LogP contribution in [0.25, 0.3) is 0 Å². The third kappa shape index (κ3) is 4.71. The van der Waals surface area contributed by atoms with E-state index in [0.717, 1.165) is 12.0 Å². The summed E-state index contributed by atoms with van der Waals surface area (Å²) < 4.78 is 0. The van der Waals surface area contributed by atoms with Crippen molar-refractivity contribution in [3.05, 3.63) is 35.9 Å². The van der Waals surface area contributed by atoms with E-state index < -0.39 is 5.92 Å². The molecule has 0 aliphatic carbocycles. The first-order chi connectivity index (χ1) is 10.2. The van der Waals surface area contributed by atoms with Crippen molar-refractivity contribution < 1.29 is 9.59 Å². The van der Waals surface area contributed by atoms with E-state index in [4.69, 9.17) is 12.2 Å². The monoisotopic (exact) mass is 306 g/mol. The molecule has 21 heavy (non-hydrogen) atoms. The van der Waals surface area contributed by atoms with Gasteiger partial charge in [0.1, 0.15) is 5.92 Å². The van der Waals surface area contributed by atoms with Crippen LogP contribution in [0.4, 0.5) is 0 Å².